The Bertz CT molecular complexity index is 605. The molecule has 1 aromatic heterocycles. The van der Waals surface area contributed by atoms with Crippen molar-refractivity contribution >= 4 is 0 Å². The number of rotatable bonds is 6. The summed E-state index contributed by atoms with van der Waals surface area (Å²) in [6, 6.07) is 4.04. The van der Waals surface area contributed by atoms with Crippen LogP contribution in [0.25, 0.3) is 0 Å². The van der Waals surface area contributed by atoms with Crippen molar-refractivity contribution in [2.24, 2.45) is 7.05 Å². The molecular weight excluding hydrogens is 254 g/mol. The highest BCUT2D eigenvalue weighted by Crippen LogP contribution is 2.33. The van der Waals surface area contributed by atoms with E-state index in [1.165, 1.54) is 6.33 Å². The maximum absolute atomic E-state index is 5.90. The first kappa shape index (κ1) is 14.1. The molecule has 0 saturated heterocycles. The van der Waals surface area contributed by atoms with Gasteiger partial charge in [-0.1, -0.05) is 12.1 Å². The van der Waals surface area contributed by atoms with Crippen LogP contribution in [0, 0.1) is 6.92 Å². The van der Waals surface area contributed by atoms with Gasteiger partial charge in [0.05, 0.1) is 7.11 Å². The number of hydrogen-bond acceptors (Lipinski definition) is 4. The molecule has 0 aliphatic carbocycles. The minimum absolute atomic E-state index is 0.347. The number of aryl methyl sites for hydroxylation is 2. The van der Waals surface area contributed by atoms with Gasteiger partial charge in [0.2, 0.25) is 0 Å². The highest BCUT2D eigenvalue weighted by Gasteiger charge is 2.12. The molecular formula is C15H19N3O2. The summed E-state index contributed by atoms with van der Waals surface area (Å²) in [6.07, 6.45) is 4.09. The zero-order valence-corrected chi connectivity index (χ0v) is 12.1. The van der Waals surface area contributed by atoms with Gasteiger partial charge in [-0.25, -0.2) is 4.98 Å². The Morgan fingerprint density at radius 3 is 2.80 bits per heavy atom. The van der Waals surface area contributed by atoms with Gasteiger partial charge in [0.25, 0.3) is 0 Å². The number of methoxy groups -OCH3 is 1. The Morgan fingerprint density at radius 1 is 1.40 bits per heavy atom. The van der Waals surface area contributed by atoms with Crippen LogP contribution in [0.15, 0.2) is 31.1 Å². The fourth-order valence-electron chi connectivity index (χ4n) is 2.02. The van der Waals surface area contributed by atoms with Crippen molar-refractivity contribution in [3.63, 3.8) is 0 Å². The van der Waals surface area contributed by atoms with Crippen molar-refractivity contribution in [2.75, 3.05) is 7.11 Å². The van der Waals surface area contributed by atoms with E-state index >= 15 is 0 Å². The number of allylic oxidation sites excluding steroid dienone is 1. The first-order valence-corrected chi connectivity index (χ1v) is 6.39. The second-order valence-electron chi connectivity index (χ2n) is 4.54. The van der Waals surface area contributed by atoms with E-state index in [2.05, 4.69) is 22.7 Å². The molecule has 1 aromatic carbocycles. The first-order valence-electron chi connectivity index (χ1n) is 6.39. The minimum Gasteiger partial charge on any atom is -0.493 e. The molecule has 0 radical (unpaired) electrons. The molecule has 5 nitrogen and oxygen atoms in total. The van der Waals surface area contributed by atoms with Gasteiger partial charge in [0.1, 0.15) is 12.9 Å². The van der Waals surface area contributed by atoms with Crippen molar-refractivity contribution in [1.29, 1.82) is 0 Å². The predicted octanol–water partition coefficient (Wildman–Crippen LogP) is 2.44. The van der Waals surface area contributed by atoms with Gasteiger partial charge in [-0.05, 0) is 25.0 Å². The van der Waals surface area contributed by atoms with Gasteiger partial charge < -0.3 is 9.47 Å². The van der Waals surface area contributed by atoms with Crippen molar-refractivity contribution < 1.29 is 9.47 Å². The molecule has 0 unspecified atom stereocenters. The largest absolute Gasteiger partial charge is 0.493 e. The molecule has 0 aliphatic heterocycles. The molecule has 0 amide bonds. The van der Waals surface area contributed by atoms with Gasteiger partial charge in [0, 0.05) is 12.6 Å². The molecule has 0 saturated carbocycles. The minimum atomic E-state index is 0.347. The third kappa shape index (κ3) is 2.99. The first-order chi connectivity index (χ1) is 9.65. The van der Waals surface area contributed by atoms with Gasteiger partial charge in [0.15, 0.2) is 17.3 Å². The summed E-state index contributed by atoms with van der Waals surface area (Å²) in [7, 11) is 3.48. The van der Waals surface area contributed by atoms with Crippen LogP contribution in [0.5, 0.6) is 11.5 Å². The van der Waals surface area contributed by atoms with Gasteiger partial charge >= 0.3 is 0 Å². The van der Waals surface area contributed by atoms with Crippen molar-refractivity contribution in [2.45, 2.75) is 20.0 Å². The van der Waals surface area contributed by atoms with Crippen LogP contribution in [-0.2, 0) is 20.1 Å². The molecule has 0 aliphatic rings. The average molecular weight is 273 g/mol. The molecule has 0 N–H and O–H groups in total. The zero-order chi connectivity index (χ0) is 14.5. The van der Waals surface area contributed by atoms with Crippen LogP contribution in [0.2, 0.25) is 0 Å². The van der Waals surface area contributed by atoms with Gasteiger partial charge in [-0.2, -0.15) is 5.10 Å². The van der Waals surface area contributed by atoms with Crippen LogP contribution in [0.1, 0.15) is 17.0 Å². The highest BCUT2D eigenvalue weighted by atomic mass is 16.5. The van der Waals surface area contributed by atoms with Crippen LogP contribution >= 0.6 is 0 Å². The van der Waals surface area contributed by atoms with Crippen LogP contribution < -0.4 is 9.47 Å². The van der Waals surface area contributed by atoms with Gasteiger partial charge in [-0.15, -0.1) is 6.58 Å². The Morgan fingerprint density at radius 2 is 2.20 bits per heavy atom. The Balaban J connectivity index is 2.28. The third-order valence-corrected chi connectivity index (χ3v) is 3.01. The van der Waals surface area contributed by atoms with Crippen LogP contribution in [-0.4, -0.2) is 21.9 Å². The maximum atomic E-state index is 5.90. The van der Waals surface area contributed by atoms with Gasteiger partial charge in [-0.3, -0.25) is 4.68 Å². The summed E-state index contributed by atoms with van der Waals surface area (Å²) in [5, 5.41) is 4.02. The number of ether oxygens (including phenoxy) is 2. The lowest BCUT2D eigenvalue weighted by Gasteiger charge is -2.15. The van der Waals surface area contributed by atoms with E-state index in [1.807, 2.05) is 26.1 Å². The smallest absolute Gasteiger partial charge is 0.165 e. The molecule has 0 atom stereocenters. The lowest BCUT2D eigenvalue weighted by molar-refractivity contribution is 0.269. The summed E-state index contributed by atoms with van der Waals surface area (Å²) in [5.41, 5.74) is 2.18. The third-order valence-electron chi connectivity index (χ3n) is 3.01. The predicted molar refractivity (Wildman–Crippen MR) is 77.0 cm³/mol. The summed E-state index contributed by atoms with van der Waals surface area (Å²) >= 11 is 0. The number of hydrogen-bond donors (Lipinski definition) is 0. The Kier molecular flexibility index (Phi) is 4.40. The lowest BCUT2D eigenvalue weighted by Crippen LogP contribution is -2.06. The molecule has 0 bridgehead atoms. The standard InChI is InChI=1S/C15H19N3O2/c1-5-6-12-7-11(2)8-13(19-4)15(12)20-9-14-16-10-17-18(14)3/h5,7-8,10H,1,6,9H2,2-4H3. The van der Waals surface area contributed by atoms with Crippen molar-refractivity contribution in [3.05, 3.63) is 48.1 Å². The number of benzene rings is 1. The summed E-state index contributed by atoms with van der Waals surface area (Å²) < 4.78 is 13.0. The SMILES string of the molecule is C=CCc1cc(C)cc(OC)c1OCc1ncnn1C. The molecule has 106 valence electrons. The summed E-state index contributed by atoms with van der Waals surface area (Å²) in [6.45, 7) is 6.16. The fourth-order valence-corrected chi connectivity index (χ4v) is 2.02. The van der Waals surface area contributed by atoms with Crippen molar-refractivity contribution in [1.82, 2.24) is 14.8 Å². The monoisotopic (exact) mass is 273 g/mol. The molecule has 2 aromatic rings. The molecule has 0 spiro atoms. The normalized spacial score (nSPS) is 10.3. The molecule has 5 heteroatoms. The average Bonchev–Trinajstić information content (AvgIpc) is 2.83. The van der Waals surface area contributed by atoms with E-state index < -0.39 is 0 Å². The van der Waals surface area contributed by atoms with E-state index in [4.69, 9.17) is 9.47 Å². The Labute approximate surface area is 118 Å². The lowest BCUT2D eigenvalue weighted by atomic mass is 10.1. The second-order valence-corrected chi connectivity index (χ2v) is 4.54. The van der Waals surface area contributed by atoms with E-state index in [-0.39, 0.29) is 0 Å². The van der Waals surface area contributed by atoms with Crippen molar-refractivity contribution in [3.8, 4) is 11.5 Å². The zero-order valence-electron chi connectivity index (χ0n) is 12.1. The quantitative estimate of drug-likeness (QED) is 0.758. The second kappa shape index (κ2) is 6.23. The molecule has 0 fully saturated rings. The van der Waals surface area contributed by atoms with E-state index in [0.29, 0.717) is 6.61 Å². The fraction of sp³-hybridized carbons (Fsp3) is 0.333. The highest BCUT2D eigenvalue weighted by molar-refractivity contribution is 5.50. The maximum Gasteiger partial charge on any atom is 0.165 e. The number of aromatic nitrogens is 3. The number of nitrogens with zero attached hydrogens (tertiary/aromatic N) is 3. The van der Waals surface area contributed by atoms with Crippen LogP contribution in [0.4, 0.5) is 0 Å². The molecule has 2 rings (SSSR count). The van der Waals surface area contributed by atoms with E-state index in [1.54, 1.807) is 11.8 Å². The molecule has 1 heterocycles. The Hall–Kier alpha value is -2.30. The summed E-state index contributed by atoms with van der Waals surface area (Å²) in [5.74, 6) is 2.22. The van der Waals surface area contributed by atoms with E-state index in [0.717, 1.165) is 34.9 Å². The molecule has 20 heavy (non-hydrogen) atoms. The topological polar surface area (TPSA) is 49.2 Å². The summed E-state index contributed by atoms with van der Waals surface area (Å²) in [4.78, 5) is 4.15. The van der Waals surface area contributed by atoms with Crippen LogP contribution in [0.3, 0.4) is 0 Å². The van der Waals surface area contributed by atoms with E-state index in [9.17, 15) is 0 Å².